The summed E-state index contributed by atoms with van der Waals surface area (Å²) in [6, 6.07) is 5.16. The van der Waals surface area contributed by atoms with Crippen molar-refractivity contribution < 1.29 is 23.0 Å². The van der Waals surface area contributed by atoms with Gasteiger partial charge in [0.2, 0.25) is 0 Å². The number of halogens is 4. The molecular formula is C15H21F3IN3O2. The number of benzene rings is 1. The summed E-state index contributed by atoms with van der Waals surface area (Å²) >= 11 is 0. The van der Waals surface area contributed by atoms with Crippen LogP contribution in [0.3, 0.4) is 0 Å². The number of guanidine groups is 1. The van der Waals surface area contributed by atoms with Gasteiger partial charge in [0.1, 0.15) is 5.75 Å². The molecule has 1 fully saturated rings. The van der Waals surface area contributed by atoms with E-state index < -0.39 is 12.0 Å². The van der Waals surface area contributed by atoms with E-state index in [-0.39, 0.29) is 42.2 Å². The number of nitrogens with one attached hydrogen (secondary N) is 1. The van der Waals surface area contributed by atoms with E-state index in [1.54, 1.807) is 0 Å². The molecule has 1 aromatic carbocycles. The number of ether oxygens (including phenoxy) is 1. The molecule has 0 bridgehead atoms. The summed E-state index contributed by atoms with van der Waals surface area (Å²) < 4.78 is 40.0. The van der Waals surface area contributed by atoms with Crippen LogP contribution in [-0.2, 0) is 0 Å². The molecule has 24 heavy (non-hydrogen) atoms. The van der Waals surface area contributed by atoms with E-state index in [2.05, 4.69) is 15.0 Å². The van der Waals surface area contributed by atoms with Gasteiger partial charge in [0, 0.05) is 5.69 Å². The van der Waals surface area contributed by atoms with Crippen molar-refractivity contribution in [2.24, 2.45) is 10.7 Å². The van der Waals surface area contributed by atoms with Crippen molar-refractivity contribution in [1.82, 2.24) is 0 Å². The van der Waals surface area contributed by atoms with Crippen molar-refractivity contribution in [1.29, 1.82) is 0 Å². The second-order valence-corrected chi connectivity index (χ2v) is 5.68. The summed E-state index contributed by atoms with van der Waals surface area (Å²) in [6.07, 6.45) is -0.252. The van der Waals surface area contributed by atoms with E-state index in [4.69, 9.17) is 5.73 Å². The van der Waals surface area contributed by atoms with E-state index in [0.717, 1.165) is 19.3 Å². The smallest absolute Gasteiger partial charge is 0.406 e. The van der Waals surface area contributed by atoms with Gasteiger partial charge in [-0.15, -0.1) is 37.1 Å². The predicted octanol–water partition coefficient (Wildman–Crippen LogP) is 3.63. The standard InChI is InChI=1S/C15H20F3N3O2.HI/c16-15(17,18)23-12-6-4-11(5-7-12)21-13(19)20-10-14(22)8-2-1-3-9-14;/h4-7,22H,1-3,8-10H2,(H3,19,20,21);1H. The highest BCUT2D eigenvalue weighted by Crippen LogP contribution is 2.28. The van der Waals surface area contributed by atoms with Crippen molar-refractivity contribution in [3.63, 3.8) is 0 Å². The van der Waals surface area contributed by atoms with Gasteiger partial charge in [-0.05, 0) is 37.1 Å². The number of aliphatic imine (C=N–C) groups is 1. The highest BCUT2D eigenvalue weighted by Gasteiger charge is 2.31. The van der Waals surface area contributed by atoms with Gasteiger partial charge in [-0.2, -0.15) is 0 Å². The Morgan fingerprint density at radius 1 is 1.21 bits per heavy atom. The summed E-state index contributed by atoms with van der Waals surface area (Å²) in [5.41, 5.74) is 5.41. The molecule has 2 rings (SSSR count). The summed E-state index contributed by atoms with van der Waals surface area (Å²) in [4.78, 5) is 4.12. The first-order valence-corrected chi connectivity index (χ1v) is 7.41. The summed E-state index contributed by atoms with van der Waals surface area (Å²) in [5, 5.41) is 13.1. The maximum Gasteiger partial charge on any atom is 0.573 e. The van der Waals surface area contributed by atoms with Crippen molar-refractivity contribution in [3.8, 4) is 5.75 Å². The molecule has 1 aliphatic rings. The zero-order valence-corrected chi connectivity index (χ0v) is 15.3. The number of hydrogen-bond donors (Lipinski definition) is 3. The maximum atomic E-state index is 12.1. The number of anilines is 1. The first-order valence-electron chi connectivity index (χ1n) is 7.41. The van der Waals surface area contributed by atoms with Gasteiger partial charge >= 0.3 is 6.36 Å². The second kappa shape index (κ2) is 8.75. The minimum absolute atomic E-state index is 0. The molecule has 5 nitrogen and oxygen atoms in total. The first kappa shape index (κ1) is 20.8. The maximum absolute atomic E-state index is 12.1. The molecule has 0 saturated heterocycles. The Balaban J connectivity index is 0.00000288. The predicted molar refractivity (Wildman–Crippen MR) is 96.7 cm³/mol. The van der Waals surface area contributed by atoms with Crippen LogP contribution in [-0.4, -0.2) is 29.6 Å². The van der Waals surface area contributed by atoms with Gasteiger partial charge in [0.15, 0.2) is 5.96 Å². The number of rotatable bonds is 4. The highest BCUT2D eigenvalue weighted by molar-refractivity contribution is 14.0. The highest BCUT2D eigenvalue weighted by atomic mass is 127. The van der Waals surface area contributed by atoms with E-state index in [1.807, 2.05) is 0 Å². The van der Waals surface area contributed by atoms with Gasteiger partial charge in [0.25, 0.3) is 0 Å². The third-order valence-electron chi connectivity index (χ3n) is 3.69. The summed E-state index contributed by atoms with van der Waals surface area (Å²) in [7, 11) is 0. The third kappa shape index (κ3) is 7.12. The lowest BCUT2D eigenvalue weighted by atomic mass is 9.85. The monoisotopic (exact) mass is 459 g/mol. The zero-order chi connectivity index (χ0) is 16.9. The quantitative estimate of drug-likeness (QED) is 0.365. The molecule has 0 heterocycles. The van der Waals surface area contributed by atoms with Gasteiger partial charge in [0.05, 0.1) is 12.1 Å². The second-order valence-electron chi connectivity index (χ2n) is 5.68. The Hall–Kier alpha value is -1.23. The lowest BCUT2D eigenvalue weighted by Crippen LogP contribution is -2.36. The largest absolute Gasteiger partial charge is 0.573 e. The Kier molecular flexibility index (Phi) is 7.58. The van der Waals surface area contributed by atoms with Crippen LogP contribution in [0, 0.1) is 0 Å². The fourth-order valence-electron chi connectivity index (χ4n) is 2.53. The number of nitrogens with zero attached hydrogens (tertiary/aromatic N) is 1. The molecule has 136 valence electrons. The molecule has 0 spiro atoms. The van der Waals surface area contributed by atoms with Crippen molar-refractivity contribution in [2.45, 2.75) is 44.1 Å². The van der Waals surface area contributed by atoms with Crippen LogP contribution in [0.15, 0.2) is 29.3 Å². The Morgan fingerprint density at radius 2 is 1.79 bits per heavy atom. The Labute approximate surface area is 155 Å². The lowest BCUT2D eigenvalue weighted by molar-refractivity contribution is -0.274. The van der Waals surface area contributed by atoms with E-state index in [9.17, 15) is 18.3 Å². The molecule has 0 aliphatic heterocycles. The molecule has 4 N–H and O–H groups in total. The number of nitrogens with two attached hydrogens (primary N) is 1. The van der Waals surface area contributed by atoms with Crippen LogP contribution >= 0.6 is 24.0 Å². The molecule has 0 aromatic heterocycles. The van der Waals surface area contributed by atoms with Crippen LogP contribution in [0.25, 0.3) is 0 Å². The summed E-state index contributed by atoms with van der Waals surface area (Å²) in [5.74, 6) is -0.205. The Morgan fingerprint density at radius 3 is 2.33 bits per heavy atom. The molecule has 0 atom stereocenters. The summed E-state index contributed by atoms with van der Waals surface area (Å²) in [6.45, 7) is 0.209. The van der Waals surface area contributed by atoms with E-state index in [0.29, 0.717) is 18.5 Å². The zero-order valence-electron chi connectivity index (χ0n) is 13.0. The molecular weight excluding hydrogens is 438 g/mol. The number of aliphatic hydroxyl groups is 1. The Bertz CT molecular complexity index is 544. The number of hydrogen-bond acceptors (Lipinski definition) is 3. The van der Waals surface area contributed by atoms with Crippen LogP contribution in [0.5, 0.6) is 5.75 Å². The fraction of sp³-hybridized carbons (Fsp3) is 0.533. The molecule has 1 aliphatic carbocycles. The van der Waals surface area contributed by atoms with Crippen LogP contribution < -0.4 is 15.8 Å². The minimum Gasteiger partial charge on any atom is -0.406 e. The molecule has 0 radical (unpaired) electrons. The fourth-order valence-corrected chi connectivity index (χ4v) is 2.53. The SMILES string of the molecule is I.NC(=NCC1(O)CCCCC1)Nc1ccc(OC(F)(F)F)cc1. The third-order valence-corrected chi connectivity index (χ3v) is 3.69. The van der Waals surface area contributed by atoms with Crippen molar-refractivity contribution >= 4 is 35.6 Å². The average molecular weight is 459 g/mol. The van der Waals surface area contributed by atoms with Crippen LogP contribution in [0.1, 0.15) is 32.1 Å². The van der Waals surface area contributed by atoms with Crippen molar-refractivity contribution in [2.75, 3.05) is 11.9 Å². The molecule has 1 saturated carbocycles. The van der Waals surface area contributed by atoms with Gasteiger partial charge in [-0.3, -0.25) is 4.99 Å². The van der Waals surface area contributed by atoms with E-state index >= 15 is 0 Å². The van der Waals surface area contributed by atoms with Crippen LogP contribution in [0.2, 0.25) is 0 Å². The van der Waals surface area contributed by atoms with Crippen LogP contribution in [0.4, 0.5) is 18.9 Å². The minimum atomic E-state index is -4.72. The van der Waals surface area contributed by atoms with Gasteiger partial charge in [-0.1, -0.05) is 19.3 Å². The molecule has 1 aromatic rings. The first-order chi connectivity index (χ1) is 10.8. The van der Waals surface area contributed by atoms with Gasteiger partial charge < -0.3 is 20.9 Å². The lowest BCUT2D eigenvalue weighted by Gasteiger charge is -2.30. The molecule has 9 heteroatoms. The van der Waals surface area contributed by atoms with E-state index in [1.165, 1.54) is 24.3 Å². The molecule has 0 unspecified atom stereocenters. The van der Waals surface area contributed by atoms with Gasteiger partial charge in [-0.25, -0.2) is 0 Å². The topological polar surface area (TPSA) is 79.9 Å². The average Bonchev–Trinajstić information content (AvgIpc) is 2.47. The van der Waals surface area contributed by atoms with Crippen molar-refractivity contribution in [3.05, 3.63) is 24.3 Å². The normalized spacial score (nSPS) is 17.8. The molecule has 0 amide bonds. The number of alkyl halides is 3.